The highest BCUT2D eigenvalue weighted by Gasteiger charge is 2.15. The van der Waals surface area contributed by atoms with Crippen molar-refractivity contribution in [2.24, 2.45) is 0 Å². The Hall–Kier alpha value is -2.08. The van der Waals surface area contributed by atoms with Gasteiger partial charge in [0, 0.05) is 17.3 Å². The zero-order chi connectivity index (χ0) is 14.7. The fourth-order valence-electron chi connectivity index (χ4n) is 1.93. The minimum Gasteiger partial charge on any atom is -0.496 e. The van der Waals surface area contributed by atoms with E-state index in [9.17, 15) is 4.79 Å². The van der Waals surface area contributed by atoms with E-state index < -0.39 is 5.97 Å². The molecule has 0 aliphatic carbocycles. The van der Waals surface area contributed by atoms with E-state index in [1.807, 2.05) is 13.8 Å². The number of carboxylic acids is 1. The Morgan fingerprint density at radius 3 is 2.85 bits per heavy atom. The number of aromatic nitrogens is 1. The van der Waals surface area contributed by atoms with Crippen LogP contribution in [0.1, 0.15) is 26.5 Å². The average Bonchev–Trinajstić information content (AvgIpc) is 2.87. The number of carboxylic acid groups (broad SMARTS) is 1. The minimum absolute atomic E-state index is 0.196. The summed E-state index contributed by atoms with van der Waals surface area (Å²) in [5.74, 6) is 0.159. The van der Waals surface area contributed by atoms with E-state index in [1.165, 1.54) is 0 Å². The van der Waals surface area contributed by atoms with Crippen LogP contribution in [-0.2, 0) is 6.61 Å². The molecule has 0 unspecified atom stereocenters. The van der Waals surface area contributed by atoms with E-state index in [1.54, 1.807) is 24.8 Å². The third kappa shape index (κ3) is 2.75. The van der Waals surface area contributed by atoms with Gasteiger partial charge in [0.2, 0.25) is 0 Å². The van der Waals surface area contributed by atoms with E-state index in [-0.39, 0.29) is 11.5 Å². The van der Waals surface area contributed by atoms with Gasteiger partial charge in [-0.15, -0.1) is 11.3 Å². The third-order valence-electron chi connectivity index (χ3n) is 2.94. The summed E-state index contributed by atoms with van der Waals surface area (Å²) in [5.41, 5.74) is 2.59. The molecule has 0 saturated carbocycles. The van der Waals surface area contributed by atoms with Crippen LogP contribution in [0.2, 0.25) is 0 Å². The molecule has 5 nitrogen and oxygen atoms in total. The van der Waals surface area contributed by atoms with Crippen molar-refractivity contribution in [3.8, 4) is 11.5 Å². The number of ether oxygens (including phenoxy) is 2. The number of rotatable bonds is 5. The third-order valence-corrected chi connectivity index (χ3v) is 3.82. The van der Waals surface area contributed by atoms with Gasteiger partial charge in [-0.3, -0.25) is 4.98 Å². The van der Waals surface area contributed by atoms with Gasteiger partial charge in [-0.25, -0.2) is 4.79 Å². The van der Waals surface area contributed by atoms with Gasteiger partial charge in [0.1, 0.15) is 18.1 Å². The zero-order valence-corrected chi connectivity index (χ0v) is 12.3. The molecule has 0 aliphatic heterocycles. The topological polar surface area (TPSA) is 68.7 Å². The second-order valence-corrected chi connectivity index (χ2v) is 5.17. The second-order valence-electron chi connectivity index (χ2n) is 4.25. The maximum Gasteiger partial charge on any atom is 0.349 e. The lowest BCUT2D eigenvalue weighted by molar-refractivity contribution is 0.0697. The molecule has 1 N–H and O–H groups in total. The van der Waals surface area contributed by atoms with Crippen molar-refractivity contribution in [2.45, 2.75) is 20.5 Å². The molecule has 0 atom stereocenters. The summed E-state index contributed by atoms with van der Waals surface area (Å²) >= 11 is 1.14. The fraction of sp³-hybridized carbons (Fsp3) is 0.286. The summed E-state index contributed by atoms with van der Waals surface area (Å²) in [6.45, 7) is 4.04. The van der Waals surface area contributed by atoms with Crippen molar-refractivity contribution in [2.75, 3.05) is 7.11 Å². The lowest BCUT2D eigenvalue weighted by atomic mass is 10.1. The van der Waals surface area contributed by atoms with Crippen molar-refractivity contribution in [3.63, 3.8) is 0 Å². The molecule has 0 bridgehead atoms. The lowest BCUT2D eigenvalue weighted by Crippen LogP contribution is -2.05. The van der Waals surface area contributed by atoms with Crippen LogP contribution in [0.15, 0.2) is 17.6 Å². The van der Waals surface area contributed by atoms with E-state index in [4.69, 9.17) is 14.6 Å². The normalized spacial score (nSPS) is 10.3. The van der Waals surface area contributed by atoms with Crippen LogP contribution in [0.5, 0.6) is 11.5 Å². The number of pyridine rings is 1. The first-order valence-electron chi connectivity index (χ1n) is 5.97. The SMILES string of the molecule is COc1c(C)cnc(COc2ccsc2C(=O)O)c1C. The van der Waals surface area contributed by atoms with Crippen LogP contribution in [0, 0.1) is 13.8 Å². The monoisotopic (exact) mass is 293 g/mol. The smallest absolute Gasteiger partial charge is 0.349 e. The van der Waals surface area contributed by atoms with Gasteiger partial charge in [-0.1, -0.05) is 0 Å². The molecule has 0 aromatic carbocycles. The molecule has 0 radical (unpaired) electrons. The first-order valence-corrected chi connectivity index (χ1v) is 6.85. The number of nitrogens with zero attached hydrogens (tertiary/aromatic N) is 1. The summed E-state index contributed by atoms with van der Waals surface area (Å²) in [6, 6.07) is 1.65. The Labute approximate surface area is 120 Å². The quantitative estimate of drug-likeness (QED) is 0.917. The molecular weight excluding hydrogens is 278 g/mol. The van der Waals surface area contributed by atoms with Crippen LogP contribution in [0.4, 0.5) is 0 Å². The molecule has 0 spiro atoms. The Kier molecular flexibility index (Phi) is 4.24. The molecule has 0 saturated heterocycles. The molecule has 106 valence electrons. The van der Waals surface area contributed by atoms with Crippen molar-refractivity contribution in [1.29, 1.82) is 0 Å². The highest BCUT2D eigenvalue weighted by atomic mass is 32.1. The Morgan fingerprint density at radius 1 is 1.45 bits per heavy atom. The predicted octanol–water partition coefficient (Wildman–Crippen LogP) is 3.05. The molecule has 0 amide bonds. The van der Waals surface area contributed by atoms with E-state index in [0.717, 1.165) is 33.9 Å². The molecule has 2 rings (SSSR count). The maximum absolute atomic E-state index is 11.0. The van der Waals surface area contributed by atoms with Crippen LogP contribution in [0.25, 0.3) is 0 Å². The van der Waals surface area contributed by atoms with E-state index in [2.05, 4.69) is 4.98 Å². The largest absolute Gasteiger partial charge is 0.496 e. The first-order chi connectivity index (χ1) is 9.54. The number of hydrogen-bond acceptors (Lipinski definition) is 5. The van der Waals surface area contributed by atoms with Crippen LogP contribution in [0.3, 0.4) is 0 Å². The zero-order valence-electron chi connectivity index (χ0n) is 11.5. The summed E-state index contributed by atoms with van der Waals surface area (Å²) in [5, 5.41) is 10.7. The number of aryl methyl sites for hydroxylation is 1. The Balaban J connectivity index is 2.19. The molecule has 2 heterocycles. The summed E-state index contributed by atoms with van der Waals surface area (Å²) in [4.78, 5) is 15.5. The standard InChI is InChI=1S/C14H15NO4S/c1-8-6-15-10(9(2)12(8)18-3)7-19-11-4-5-20-13(11)14(16)17/h4-6H,7H2,1-3H3,(H,16,17). The molecule has 0 aliphatic rings. The first kappa shape index (κ1) is 14.3. The van der Waals surface area contributed by atoms with Crippen molar-refractivity contribution < 1.29 is 19.4 Å². The number of thiophene rings is 1. The van der Waals surface area contributed by atoms with Crippen LogP contribution >= 0.6 is 11.3 Å². The predicted molar refractivity (Wildman–Crippen MR) is 75.9 cm³/mol. The number of carbonyl (C=O) groups is 1. The molecule has 2 aromatic rings. The number of hydrogen-bond donors (Lipinski definition) is 1. The molecule has 2 aromatic heterocycles. The number of methoxy groups -OCH3 is 1. The van der Waals surface area contributed by atoms with Gasteiger partial charge < -0.3 is 14.6 Å². The van der Waals surface area contributed by atoms with Crippen molar-refractivity contribution in [1.82, 2.24) is 4.98 Å². The maximum atomic E-state index is 11.0. The van der Waals surface area contributed by atoms with Gasteiger partial charge in [0.25, 0.3) is 0 Å². The van der Waals surface area contributed by atoms with Gasteiger partial charge >= 0.3 is 5.97 Å². The molecule has 20 heavy (non-hydrogen) atoms. The van der Waals surface area contributed by atoms with E-state index >= 15 is 0 Å². The summed E-state index contributed by atoms with van der Waals surface area (Å²) < 4.78 is 10.9. The molecule has 0 fully saturated rings. The van der Waals surface area contributed by atoms with Gasteiger partial charge in [-0.05, 0) is 25.3 Å². The van der Waals surface area contributed by atoms with Gasteiger partial charge in [0.15, 0.2) is 4.88 Å². The van der Waals surface area contributed by atoms with Gasteiger partial charge in [-0.2, -0.15) is 0 Å². The highest BCUT2D eigenvalue weighted by molar-refractivity contribution is 7.12. The molecular formula is C14H15NO4S. The minimum atomic E-state index is -0.985. The highest BCUT2D eigenvalue weighted by Crippen LogP contribution is 2.28. The fourth-order valence-corrected chi connectivity index (χ4v) is 2.60. The van der Waals surface area contributed by atoms with Crippen molar-refractivity contribution >= 4 is 17.3 Å². The van der Waals surface area contributed by atoms with Gasteiger partial charge in [0.05, 0.1) is 12.8 Å². The van der Waals surface area contributed by atoms with Crippen molar-refractivity contribution in [3.05, 3.63) is 39.3 Å². The van der Waals surface area contributed by atoms with E-state index in [0.29, 0.717) is 5.75 Å². The Bertz CT molecular complexity index is 636. The van der Waals surface area contributed by atoms with Crippen LogP contribution in [-0.4, -0.2) is 23.2 Å². The summed E-state index contributed by atoms with van der Waals surface area (Å²) in [6.07, 6.45) is 1.72. The number of aromatic carboxylic acids is 1. The van der Waals surface area contributed by atoms with Crippen LogP contribution < -0.4 is 9.47 Å². The Morgan fingerprint density at radius 2 is 2.20 bits per heavy atom. The average molecular weight is 293 g/mol. The summed E-state index contributed by atoms with van der Waals surface area (Å²) in [7, 11) is 1.61. The lowest BCUT2D eigenvalue weighted by Gasteiger charge is -2.12. The molecule has 6 heteroatoms. The second kappa shape index (κ2) is 5.92.